The second-order valence-corrected chi connectivity index (χ2v) is 5.53. The highest BCUT2D eigenvalue weighted by Gasteiger charge is 2.18. The standard InChI is InChI=1S/C16H25NO2/c1-3-19-15-6-4-5-13(16(15)18)11-17-14-9-7-12(2)8-10-14/h4-6,12,14,17-18H,3,7-11H2,1-2H3. The molecule has 0 bridgehead atoms. The van der Waals surface area contributed by atoms with Crippen LogP contribution in [0.3, 0.4) is 0 Å². The predicted octanol–water partition coefficient (Wildman–Crippen LogP) is 3.46. The van der Waals surface area contributed by atoms with E-state index in [-0.39, 0.29) is 5.75 Å². The van der Waals surface area contributed by atoms with Crippen molar-refractivity contribution < 1.29 is 9.84 Å². The summed E-state index contributed by atoms with van der Waals surface area (Å²) < 4.78 is 5.41. The van der Waals surface area contributed by atoms with Gasteiger partial charge in [0.2, 0.25) is 0 Å². The summed E-state index contributed by atoms with van der Waals surface area (Å²) in [7, 11) is 0. The van der Waals surface area contributed by atoms with E-state index in [9.17, 15) is 5.11 Å². The van der Waals surface area contributed by atoms with Crippen LogP contribution < -0.4 is 10.1 Å². The van der Waals surface area contributed by atoms with Gasteiger partial charge in [-0.25, -0.2) is 0 Å². The first-order valence-electron chi connectivity index (χ1n) is 7.37. The van der Waals surface area contributed by atoms with Crippen LogP contribution in [0, 0.1) is 5.92 Å². The third-order valence-electron chi connectivity index (χ3n) is 3.98. The van der Waals surface area contributed by atoms with Crippen molar-refractivity contribution in [2.24, 2.45) is 5.92 Å². The summed E-state index contributed by atoms with van der Waals surface area (Å²) in [5.41, 5.74) is 0.921. The molecule has 0 heterocycles. The molecule has 1 aliphatic rings. The Balaban J connectivity index is 1.90. The highest BCUT2D eigenvalue weighted by molar-refractivity contribution is 5.45. The molecule has 106 valence electrons. The van der Waals surface area contributed by atoms with Crippen molar-refractivity contribution in [2.75, 3.05) is 6.61 Å². The van der Waals surface area contributed by atoms with E-state index in [4.69, 9.17) is 4.74 Å². The van der Waals surface area contributed by atoms with Crippen molar-refractivity contribution in [1.29, 1.82) is 0 Å². The summed E-state index contributed by atoms with van der Waals surface area (Å²) in [6.45, 7) is 5.54. The van der Waals surface area contributed by atoms with Crippen LogP contribution in [0.15, 0.2) is 18.2 Å². The summed E-state index contributed by atoms with van der Waals surface area (Å²) in [5.74, 6) is 1.73. The number of benzene rings is 1. The van der Waals surface area contributed by atoms with Gasteiger partial charge in [-0.1, -0.05) is 19.1 Å². The molecular weight excluding hydrogens is 238 g/mol. The van der Waals surface area contributed by atoms with E-state index in [0.717, 1.165) is 11.5 Å². The number of aromatic hydroxyl groups is 1. The molecule has 0 aromatic heterocycles. The van der Waals surface area contributed by atoms with Crippen LogP contribution in [-0.2, 0) is 6.54 Å². The van der Waals surface area contributed by atoms with Crippen LogP contribution in [0.1, 0.15) is 45.1 Å². The molecule has 2 rings (SSSR count). The van der Waals surface area contributed by atoms with Gasteiger partial charge in [0, 0.05) is 18.2 Å². The molecule has 0 radical (unpaired) electrons. The number of phenols is 1. The van der Waals surface area contributed by atoms with Crippen LogP contribution in [0.25, 0.3) is 0 Å². The zero-order valence-electron chi connectivity index (χ0n) is 12.0. The van der Waals surface area contributed by atoms with Gasteiger partial charge >= 0.3 is 0 Å². The Bertz CT molecular complexity index is 398. The minimum absolute atomic E-state index is 0.279. The number of ether oxygens (including phenoxy) is 1. The average Bonchev–Trinajstić information content (AvgIpc) is 2.42. The van der Waals surface area contributed by atoms with E-state index in [1.807, 2.05) is 25.1 Å². The van der Waals surface area contributed by atoms with Gasteiger partial charge in [0.25, 0.3) is 0 Å². The zero-order valence-corrected chi connectivity index (χ0v) is 12.0. The van der Waals surface area contributed by atoms with Crippen LogP contribution >= 0.6 is 0 Å². The molecule has 3 heteroatoms. The third-order valence-corrected chi connectivity index (χ3v) is 3.98. The number of phenolic OH excluding ortho intramolecular Hbond substituents is 1. The van der Waals surface area contributed by atoms with Crippen molar-refractivity contribution in [3.05, 3.63) is 23.8 Å². The normalized spacial score (nSPS) is 23.3. The van der Waals surface area contributed by atoms with E-state index >= 15 is 0 Å². The van der Waals surface area contributed by atoms with Crippen molar-refractivity contribution in [3.8, 4) is 11.5 Å². The van der Waals surface area contributed by atoms with Gasteiger partial charge in [-0.05, 0) is 44.6 Å². The molecule has 1 saturated carbocycles. The van der Waals surface area contributed by atoms with Gasteiger partial charge in [0.15, 0.2) is 11.5 Å². The minimum atomic E-state index is 0.279. The molecule has 1 aromatic rings. The van der Waals surface area contributed by atoms with E-state index in [2.05, 4.69) is 12.2 Å². The summed E-state index contributed by atoms with van der Waals surface area (Å²) in [4.78, 5) is 0. The topological polar surface area (TPSA) is 41.5 Å². The number of rotatable bonds is 5. The first-order chi connectivity index (χ1) is 9.20. The largest absolute Gasteiger partial charge is 0.504 e. The Kier molecular flexibility index (Phi) is 5.08. The number of hydrogen-bond acceptors (Lipinski definition) is 3. The Labute approximate surface area is 116 Å². The molecule has 3 nitrogen and oxygen atoms in total. The minimum Gasteiger partial charge on any atom is -0.504 e. The number of hydrogen-bond donors (Lipinski definition) is 2. The maximum absolute atomic E-state index is 10.1. The third kappa shape index (κ3) is 3.87. The van der Waals surface area contributed by atoms with Crippen molar-refractivity contribution in [2.45, 2.75) is 52.1 Å². The second kappa shape index (κ2) is 6.80. The maximum Gasteiger partial charge on any atom is 0.162 e. The maximum atomic E-state index is 10.1. The Morgan fingerprint density at radius 2 is 2.00 bits per heavy atom. The summed E-state index contributed by atoms with van der Waals surface area (Å²) in [5, 5.41) is 13.7. The van der Waals surface area contributed by atoms with E-state index in [1.54, 1.807) is 0 Å². The molecule has 2 N–H and O–H groups in total. The SMILES string of the molecule is CCOc1cccc(CNC2CCC(C)CC2)c1O. The Morgan fingerprint density at radius 1 is 1.26 bits per heavy atom. The van der Waals surface area contributed by atoms with Crippen molar-refractivity contribution in [1.82, 2.24) is 5.32 Å². The quantitative estimate of drug-likeness (QED) is 0.855. The molecule has 0 spiro atoms. The number of nitrogens with one attached hydrogen (secondary N) is 1. The fourth-order valence-corrected chi connectivity index (χ4v) is 2.70. The van der Waals surface area contributed by atoms with Crippen LogP contribution in [0.4, 0.5) is 0 Å². The lowest BCUT2D eigenvalue weighted by Gasteiger charge is -2.27. The molecule has 0 amide bonds. The second-order valence-electron chi connectivity index (χ2n) is 5.53. The molecule has 0 atom stereocenters. The molecule has 0 aliphatic heterocycles. The number of para-hydroxylation sites is 1. The van der Waals surface area contributed by atoms with Gasteiger partial charge in [-0.15, -0.1) is 0 Å². The lowest BCUT2D eigenvalue weighted by atomic mass is 9.87. The molecule has 1 aromatic carbocycles. The highest BCUT2D eigenvalue weighted by atomic mass is 16.5. The van der Waals surface area contributed by atoms with Crippen LogP contribution in [0.2, 0.25) is 0 Å². The van der Waals surface area contributed by atoms with Crippen LogP contribution in [0.5, 0.6) is 11.5 Å². The smallest absolute Gasteiger partial charge is 0.162 e. The molecular formula is C16H25NO2. The van der Waals surface area contributed by atoms with E-state index in [0.29, 0.717) is 24.9 Å². The first kappa shape index (κ1) is 14.2. The van der Waals surface area contributed by atoms with Gasteiger partial charge in [0.05, 0.1) is 6.61 Å². The van der Waals surface area contributed by atoms with E-state index in [1.165, 1.54) is 25.7 Å². The first-order valence-corrected chi connectivity index (χ1v) is 7.37. The van der Waals surface area contributed by atoms with E-state index < -0.39 is 0 Å². The summed E-state index contributed by atoms with van der Waals surface area (Å²) >= 11 is 0. The fraction of sp³-hybridized carbons (Fsp3) is 0.625. The zero-order chi connectivity index (χ0) is 13.7. The van der Waals surface area contributed by atoms with Gasteiger partial charge < -0.3 is 15.2 Å². The molecule has 0 unspecified atom stereocenters. The molecule has 1 aliphatic carbocycles. The monoisotopic (exact) mass is 263 g/mol. The summed E-state index contributed by atoms with van der Waals surface area (Å²) in [6, 6.07) is 6.29. The molecule has 1 fully saturated rings. The van der Waals surface area contributed by atoms with Gasteiger partial charge in [0.1, 0.15) is 0 Å². The summed E-state index contributed by atoms with van der Waals surface area (Å²) in [6.07, 6.45) is 5.10. The Morgan fingerprint density at radius 3 is 2.68 bits per heavy atom. The van der Waals surface area contributed by atoms with Crippen LogP contribution in [-0.4, -0.2) is 17.8 Å². The van der Waals surface area contributed by atoms with Crippen molar-refractivity contribution in [3.63, 3.8) is 0 Å². The Hall–Kier alpha value is -1.22. The molecule has 0 saturated heterocycles. The molecule has 19 heavy (non-hydrogen) atoms. The predicted molar refractivity (Wildman–Crippen MR) is 77.5 cm³/mol. The van der Waals surface area contributed by atoms with Gasteiger partial charge in [-0.3, -0.25) is 0 Å². The fourth-order valence-electron chi connectivity index (χ4n) is 2.70. The van der Waals surface area contributed by atoms with Gasteiger partial charge in [-0.2, -0.15) is 0 Å². The lowest BCUT2D eigenvalue weighted by molar-refractivity contribution is 0.301. The lowest BCUT2D eigenvalue weighted by Crippen LogP contribution is -2.32. The van der Waals surface area contributed by atoms with Crippen molar-refractivity contribution >= 4 is 0 Å². The highest BCUT2D eigenvalue weighted by Crippen LogP contribution is 2.30. The average molecular weight is 263 g/mol.